The maximum Gasteiger partial charge on any atom is 0.231 e. The van der Waals surface area contributed by atoms with Gasteiger partial charge in [-0.05, 0) is 17.7 Å². The lowest BCUT2D eigenvalue weighted by Gasteiger charge is -2.45. The van der Waals surface area contributed by atoms with Gasteiger partial charge in [-0.2, -0.15) is 0 Å². The molecule has 0 saturated carbocycles. The molecule has 1 aromatic heterocycles. The van der Waals surface area contributed by atoms with Crippen molar-refractivity contribution in [2.45, 2.75) is 61.4 Å². The maximum absolute atomic E-state index is 13.8. The van der Waals surface area contributed by atoms with Crippen LogP contribution in [-0.2, 0) is 14.2 Å². The summed E-state index contributed by atoms with van der Waals surface area (Å²) >= 11 is 0. The summed E-state index contributed by atoms with van der Waals surface area (Å²) < 4.78 is 50.2. The fraction of sp³-hybridized carbons (Fsp3) is 0.500. The minimum absolute atomic E-state index is 0.00413. The molecule has 2 saturated heterocycles. The number of hydrogen-bond donors (Lipinski definition) is 7. The van der Waals surface area contributed by atoms with E-state index in [9.17, 15) is 40.5 Å². The highest BCUT2D eigenvalue weighted by atomic mass is 16.7. The zero-order chi connectivity index (χ0) is 33.6. The molecule has 0 amide bonds. The van der Waals surface area contributed by atoms with Gasteiger partial charge in [0, 0.05) is 6.07 Å². The third-order valence-electron chi connectivity index (χ3n) is 8.24. The van der Waals surface area contributed by atoms with Crippen LogP contribution in [0.5, 0.6) is 28.7 Å². The molecular formula is C30H34O17. The largest absolute Gasteiger partial charge is 0.496 e. The van der Waals surface area contributed by atoms with Gasteiger partial charge in [-0.3, -0.25) is 4.79 Å². The van der Waals surface area contributed by atoms with E-state index in [1.807, 2.05) is 0 Å². The Morgan fingerprint density at radius 3 is 2.19 bits per heavy atom. The van der Waals surface area contributed by atoms with E-state index in [0.29, 0.717) is 17.1 Å². The number of fused-ring (bicyclic) bond motifs is 2. The first-order chi connectivity index (χ1) is 22.6. The fourth-order valence-electron chi connectivity index (χ4n) is 5.70. The molecule has 4 unspecified atom stereocenters. The minimum Gasteiger partial charge on any atom is -0.496 e. The predicted octanol–water partition coefficient (Wildman–Crippen LogP) is -1.79. The molecule has 17 heteroatoms. The number of hydrogen-bond acceptors (Lipinski definition) is 17. The maximum atomic E-state index is 13.8. The van der Waals surface area contributed by atoms with Gasteiger partial charge in [0.2, 0.25) is 24.3 Å². The summed E-state index contributed by atoms with van der Waals surface area (Å²) in [4.78, 5) is 13.8. The molecule has 3 aromatic rings. The van der Waals surface area contributed by atoms with E-state index >= 15 is 0 Å². The SMILES string of the molecule is COc1c(O[C@@H]2OC(CO)[C@@H](O)[C@H](O[C@@H]3OC(CO)[C@@H](O)[C@H](O)C3O)C2O)cc(OC)c2c(=O)c(-c3ccc4c(c3)OCO4)coc12. The highest BCUT2D eigenvalue weighted by molar-refractivity contribution is 5.93. The average Bonchev–Trinajstić information content (AvgIpc) is 3.55. The van der Waals surface area contributed by atoms with Crippen LogP contribution in [-0.4, -0.2) is 131 Å². The Morgan fingerprint density at radius 2 is 1.49 bits per heavy atom. The van der Waals surface area contributed by atoms with Crippen LogP contribution < -0.4 is 29.1 Å². The van der Waals surface area contributed by atoms with Crippen LogP contribution in [0.15, 0.2) is 39.7 Å². The van der Waals surface area contributed by atoms with E-state index in [2.05, 4.69) is 0 Å². The summed E-state index contributed by atoms with van der Waals surface area (Å²) in [6.07, 6.45) is -15.4. The van der Waals surface area contributed by atoms with Gasteiger partial charge in [0.25, 0.3) is 0 Å². The second-order valence-electron chi connectivity index (χ2n) is 11.0. The van der Waals surface area contributed by atoms with Crippen molar-refractivity contribution in [2.24, 2.45) is 0 Å². The standard InChI is InChI=1S/C30H34O17/c1-39-15-6-16(26(40-2)27-19(15)20(33)12(9-41-27)11-3-4-13-14(5-11)43-10-42-13)44-30-25(38)28(22(35)18(8-32)46-30)47-29-24(37)23(36)21(34)17(7-31)45-29/h3-6,9,17-18,21-25,28-32,34-38H,7-8,10H2,1-2H3/t17?,18?,21-,22-,23+,24?,25?,28+,29+,30-/m1/s1. The molecule has 2 fully saturated rings. The first-order valence-corrected chi connectivity index (χ1v) is 14.5. The third kappa shape index (κ3) is 5.84. The van der Waals surface area contributed by atoms with E-state index in [1.54, 1.807) is 18.2 Å². The van der Waals surface area contributed by atoms with E-state index in [1.165, 1.54) is 26.5 Å². The van der Waals surface area contributed by atoms with Crippen LogP contribution in [0, 0.1) is 0 Å². The Bertz CT molecular complexity index is 1640. The number of aliphatic hydroxyl groups is 7. The summed E-state index contributed by atoms with van der Waals surface area (Å²) in [6.45, 7) is -1.46. The number of methoxy groups -OCH3 is 2. The molecule has 2 aromatic carbocycles. The second kappa shape index (κ2) is 13.4. The lowest BCUT2D eigenvalue weighted by atomic mass is 9.97. The number of aliphatic hydroxyl groups excluding tert-OH is 7. The third-order valence-corrected chi connectivity index (χ3v) is 8.24. The Kier molecular flexibility index (Phi) is 9.45. The normalized spacial score (nSPS) is 31.9. The molecule has 0 spiro atoms. The summed E-state index contributed by atoms with van der Waals surface area (Å²) in [5.74, 6) is 0.763. The van der Waals surface area contributed by atoms with Gasteiger partial charge in [-0.25, -0.2) is 0 Å². The molecule has 10 atom stereocenters. The monoisotopic (exact) mass is 666 g/mol. The molecular weight excluding hydrogens is 632 g/mol. The Labute approximate surface area is 265 Å². The molecule has 4 heterocycles. The lowest BCUT2D eigenvalue weighted by molar-refractivity contribution is -0.352. The number of ether oxygens (including phenoxy) is 8. The molecule has 17 nitrogen and oxygen atoms in total. The Morgan fingerprint density at radius 1 is 0.787 bits per heavy atom. The van der Waals surface area contributed by atoms with Gasteiger partial charge in [-0.1, -0.05) is 6.07 Å². The zero-order valence-corrected chi connectivity index (χ0v) is 25.0. The zero-order valence-electron chi connectivity index (χ0n) is 25.0. The van der Waals surface area contributed by atoms with Crippen LogP contribution in [0.2, 0.25) is 0 Å². The van der Waals surface area contributed by atoms with Crippen LogP contribution >= 0.6 is 0 Å². The molecule has 0 aliphatic carbocycles. The molecule has 7 N–H and O–H groups in total. The van der Waals surface area contributed by atoms with Crippen molar-refractivity contribution >= 4 is 11.0 Å². The van der Waals surface area contributed by atoms with E-state index in [-0.39, 0.29) is 40.6 Å². The van der Waals surface area contributed by atoms with Crippen LogP contribution in [0.4, 0.5) is 0 Å². The number of benzene rings is 2. The van der Waals surface area contributed by atoms with Gasteiger partial charge in [0.1, 0.15) is 66.2 Å². The Hall–Kier alpha value is -3.75. The Balaban J connectivity index is 1.32. The van der Waals surface area contributed by atoms with E-state index in [0.717, 1.165) is 0 Å². The summed E-state index contributed by atoms with van der Waals surface area (Å²) in [6, 6.07) is 6.27. The predicted molar refractivity (Wildman–Crippen MR) is 154 cm³/mol. The first-order valence-electron chi connectivity index (χ1n) is 14.5. The first kappa shape index (κ1) is 33.2. The van der Waals surface area contributed by atoms with Gasteiger partial charge < -0.3 is 78.1 Å². The van der Waals surface area contributed by atoms with Gasteiger partial charge in [0.15, 0.2) is 29.1 Å². The minimum atomic E-state index is -1.85. The molecule has 3 aliphatic rings. The summed E-state index contributed by atoms with van der Waals surface area (Å²) in [5.41, 5.74) is 0.125. The van der Waals surface area contributed by atoms with E-state index in [4.69, 9.17) is 42.3 Å². The van der Waals surface area contributed by atoms with Crippen molar-refractivity contribution in [3.63, 3.8) is 0 Å². The van der Waals surface area contributed by atoms with Crippen molar-refractivity contribution in [3.05, 3.63) is 40.8 Å². The summed E-state index contributed by atoms with van der Waals surface area (Å²) in [7, 11) is 2.59. The average molecular weight is 667 g/mol. The molecule has 0 bridgehead atoms. The van der Waals surface area contributed by atoms with Gasteiger partial charge in [-0.15, -0.1) is 0 Å². The highest BCUT2D eigenvalue weighted by Gasteiger charge is 2.51. The van der Waals surface area contributed by atoms with Crippen LogP contribution in [0.1, 0.15) is 0 Å². The molecule has 6 rings (SSSR count). The second-order valence-corrected chi connectivity index (χ2v) is 11.0. The lowest BCUT2D eigenvalue weighted by Crippen LogP contribution is -2.65. The molecule has 256 valence electrons. The molecule has 47 heavy (non-hydrogen) atoms. The molecule has 3 aliphatic heterocycles. The van der Waals surface area contributed by atoms with Crippen molar-refractivity contribution in [2.75, 3.05) is 34.2 Å². The van der Waals surface area contributed by atoms with Crippen molar-refractivity contribution < 1.29 is 78.1 Å². The van der Waals surface area contributed by atoms with Gasteiger partial charge in [0.05, 0.1) is 33.0 Å². The topological polar surface area (TPSA) is 246 Å². The highest BCUT2D eigenvalue weighted by Crippen LogP contribution is 2.43. The fourth-order valence-corrected chi connectivity index (χ4v) is 5.70. The van der Waals surface area contributed by atoms with Crippen LogP contribution in [0.3, 0.4) is 0 Å². The van der Waals surface area contributed by atoms with Gasteiger partial charge >= 0.3 is 0 Å². The van der Waals surface area contributed by atoms with Crippen molar-refractivity contribution in [1.29, 1.82) is 0 Å². The van der Waals surface area contributed by atoms with Crippen molar-refractivity contribution in [3.8, 4) is 39.9 Å². The van der Waals surface area contributed by atoms with E-state index < -0.39 is 80.1 Å². The quantitative estimate of drug-likeness (QED) is 0.133. The summed E-state index contributed by atoms with van der Waals surface area (Å²) in [5, 5.41) is 72.2. The molecule has 0 radical (unpaired) electrons. The smallest absolute Gasteiger partial charge is 0.231 e. The van der Waals surface area contributed by atoms with Crippen molar-refractivity contribution in [1.82, 2.24) is 0 Å². The number of rotatable bonds is 9. The van der Waals surface area contributed by atoms with Crippen LogP contribution in [0.25, 0.3) is 22.1 Å².